The first-order valence-electron chi connectivity index (χ1n) is 19.7. The number of phenols is 2. The fourth-order valence-electron chi connectivity index (χ4n) is 7.04. The lowest BCUT2D eigenvalue weighted by atomic mass is 10.0. The van der Waals surface area contributed by atoms with Crippen LogP contribution in [0.3, 0.4) is 0 Å². The number of carbonyl (C=O) groups is 1. The number of carboxylic acid groups (broad SMARTS) is 1. The van der Waals surface area contributed by atoms with E-state index in [0.29, 0.717) is 18.2 Å². The lowest BCUT2D eigenvalue weighted by Crippen LogP contribution is -2.03. The summed E-state index contributed by atoms with van der Waals surface area (Å²) in [6.07, 6.45) is 0. The Morgan fingerprint density at radius 1 is 0.544 bits per heavy atom. The summed E-state index contributed by atoms with van der Waals surface area (Å²) in [6, 6.07) is 9.48. The van der Waals surface area contributed by atoms with Gasteiger partial charge in [-0.2, -0.15) is 33.7 Å². The third-order valence-electron chi connectivity index (χ3n) is 10.2. The molecule has 0 spiro atoms. The summed E-state index contributed by atoms with van der Waals surface area (Å²) < 4.78 is 156. The van der Waals surface area contributed by atoms with Crippen molar-refractivity contribution in [3.63, 3.8) is 0 Å². The van der Waals surface area contributed by atoms with Gasteiger partial charge >= 0.3 is 5.97 Å². The minimum atomic E-state index is -5.69. The van der Waals surface area contributed by atoms with E-state index >= 15 is 0 Å². The van der Waals surface area contributed by atoms with Crippen LogP contribution in [0, 0.1) is 10.1 Å². The molecule has 0 amide bonds. The van der Waals surface area contributed by atoms with Gasteiger partial charge in [0.25, 0.3) is 46.2 Å². The number of nitrogen functional groups attached to an aromatic ring is 1. The first-order chi connectivity index (χ1) is 37.0. The molecule has 0 saturated carbocycles. The molecule has 7 aromatic rings. The maximum atomic E-state index is 13.1. The van der Waals surface area contributed by atoms with Crippen LogP contribution in [0.15, 0.2) is 138 Å². The highest BCUT2D eigenvalue weighted by molar-refractivity contribution is 7.95. The van der Waals surface area contributed by atoms with E-state index in [-0.39, 0.29) is 56.7 Å². The second-order valence-corrected chi connectivity index (χ2v) is 22.6. The predicted octanol–water partition coefficient (Wildman–Crippen LogP) is 9.26. The quantitative estimate of drug-likeness (QED) is 0.00607. The van der Waals surface area contributed by atoms with Gasteiger partial charge in [-0.15, -0.1) is 43.7 Å². The molecule has 42 heteroatoms. The van der Waals surface area contributed by atoms with E-state index < -0.39 is 160 Å². The van der Waals surface area contributed by atoms with Crippen LogP contribution in [0.25, 0.3) is 32.3 Å². The standard InChI is InChI=1S/C37H24N8O27S7/c38-31-24(12-28(77(58,59)60)20-10-27(75-72-69-54)32(35(47)30(20)31)43-39-21-3-1-14(45(50)51)7-19(21)37(48)49)42-40-22-4-2-16-18(36(22)79(64,65)66)11-29(78(61,62)63)33(34(16)46)44-41-23-9-17-13(6-26(23)74-71-68-53)5-15(76(55,56)57)8-25(17)73-70-67-52/h1-12,46-47,52-54H,38H2,(H,48,49)(H,55,56,57)(H,58,59,60)(H,61,62,63)(H,64,65,66). The summed E-state index contributed by atoms with van der Waals surface area (Å²) in [4.78, 5) is 16.7. The van der Waals surface area contributed by atoms with Crippen LogP contribution in [-0.4, -0.2) is 93.9 Å². The second kappa shape index (κ2) is 23.2. The van der Waals surface area contributed by atoms with Gasteiger partial charge in [-0.1, -0.05) is 15.1 Å². The highest BCUT2D eigenvalue weighted by Gasteiger charge is 2.30. The number of phenolic OH excluding ortho intramolecular Hbond substituents is 2. The van der Waals surface area contributed by atoms with Crippen molar-refractivity contribution in [1.29, 1.82) is 0 Å². The fourth-order valence-corrected chi connectivity index (χ4v) is 11.3. The average Bonchev–Trinajstić information content (AvgIpc) is 3.39. The zero-order valence-corrected chi connectivity index (χ0v) is 43.1. The Labute approximate surface area is 449 Å². The number of hydrogen-bond donors (Lipinski definition) is 11. The molecule has 7 rings (SSSR count). The van der Waals surface area contributed by atoms with Crippen molar-refractivity contribution in [3.05, 3.63) is 88.5 Å². The number of nitro groups is 1. The molecule has 0 atom stereocenters. The van der Waals surface area contributed by atoms with Crippen molar-refractivity contribution in [2.24, 2.45) is 30.7 Å². The first-order valence-corrected chi connectivity index (χ1v) is 27.7. The van der Waals surface area contributed by atoms with E-state index in [1.165, 1.54) is 0 Å². The van der Waals surface area contributed by atoms with Crippen LogP contribution in [0.1, 0.15) is 10.4 Å². The lowest BCUT2D eigenvalue weighted by molar-refractivity contribution is -0.432. The lowest BCUT2D eigenvalue weighted by Gasteiger charge is -2.15. The van der Waals surface area contributed by atoms with Crippen LogP contribution in [0.4, 0.5) is 45.5 Å². The molecule has 0 saturated heterocycles. The van der Waals surface area contributed by atoms with E-state index in [2.05, 4.69) is 58.8 Å². The van der Waals surface area contributed by atoms with E-state index in [1.54, 1.807) is 0 Å². The number of fused-ring (bicyclic) bond motifs is 3. The van der Waals surface area contributed by atoms with Gasteiger partial charge in [0.1, 0.15) is 48.8 Å². The molecule has 12 N–H and O–H groups in total. The van der Waals surface area contributed by atoms with Crippen molar-refractivity contribution in [3.8, 4) is 11.5 Å². The van der Waals surface area contributed by atoms with Crippen LogP contribution < -0.4 is 5.73 Å². The Balaban J connectivity index is 1.42. The summed E-state index contributed by atoms with van der Waals surface area (Å²) in [5, 5.41) is 101. The summed E-state index contributed by atoms with van der Waals surface area (Å²) >= 11 is 0.375. The molecule has 0 aromatic heterocycles. The number of nitrogens with two attached hydrogens (primary N) is 1. The Hall–Kier alpha value is -7.28. The number of hydrogen-bond acceptors (Lipinski definition) is 32. The van der Waals surface area contributed by atoms with E-state index in [9.17, 15) is 82.1 Å². The van der Waals surface area contributed by atoms with E-state index in [1.807, 2.05) is 0 Å². The minimum absolute atomic E-state index is 0.0150. The number of rotatable bonds is 21. The molecule has 0 fully saturated rings. The molecule has 0 aliphatic carbocycles. The average molecular weight is 1240 g/mol. The summed E-state index contributed by atoms with van der Waals surface area (Å²) in [7, 11) is -21.7. The number of aromatic hydroxyl groups is 2. The largest absolute Gasteiger partial charge is 0.505 e. The Kier molecular flexibility index (Phi) is 17.4. The predicted molar refractivity (Wildman–Crippen MR) is 263 cm³/mol. The molecule has 0 aliphatic heterocycles. The van der Waals surface area contributed by atoms with Gasteiger partial charge in [0.15, 0.2) is 11.5 Å². The number of carboxylic acids is 1. The van der Waals surface area contributed by atoms with Crippen molar-refractivity contribution in [2.45, 2.75) is 34.3 Å². The van der Waals surface area contributed by atoms with Crippen molar-refractivity contribution in [2.75, 3.05) is 5.73 Å². The van der Waals surface area contributed by atoms with Crippen LogP contribution in [-0.2, 0) is 68.6 Å². The maximum Gasteiger partial charge on any atom is 0.338 e. The number of nitrogens with zero attached hydrogens (tertiary/aromatic N) is 7. The molecule has 0 aliphatic rings. The van der Waals surface area contributed by atoms with Gasteiger partial charge in [-0.05, 0) is 66.0 Å². The van der Waals surface area contributed by atoms with Crippen LogP contribution in [0.2, 0.25) is 0 Å². The molecule has 79 heavy (non-hydrogen) atoms. The summed E-state index contributed by atoms with van der Waals surface area (Å²) in [5.74, 6) is -4.18. The topological polar surface area (TPSA) is 555 Å². The van der Waals surface area contributed by atoms with Gasteiger partial charge in [-0.3, -0.25) is 28.3 Å². The molecule has 0 unspecified atom stereocenters. The van der Waals surface area contributed by atoms with Crippen molar-refractivity contribution >= 4 is 160 Å². The van der Waals surface area contributed by atoms with Gasteiger partial charge < -0.3 is 21.1 Å². The molecule has 416 valence electrons. The number of non-ortho nitro benzene ring substituents is 1. The van der Waals surface area contributed by atoms with Gasteiger partial charge in [0.2, 0.25) is 0 Å². The molecule has 0 bridgehead atoms. The fraction of sp³-hybridized carbons (Fsp3) is 0. The molecule has 0 radical (unpaired) electrons. The van der Waals surface area contributed by atoms with Gasteiger partial charge in [0.05, 0.1) is 72.4 Å². The second-order valence-electron chi connectivity index (χ2n) is 14.8. The number of azo groups is 3. The SMILES string of the molecule is Nc1c(N=Nc2ccc3c(O)c(N=Nc4cc5c(SOOO)cc(S(=O)(=O)O)cc5cc4SOOO)c(S(=O)(=O)O)cc3c2S(=O)(=O)O)cc(S(=O)(=O)O)c2cc(SOOO)c(N=Nc3ccc([N+](=O)[O-])cc3C(=O)O)c(O)c12. The first kappa shape index (κ1) is 59.4. The highest BCUT2D eigenvalue weighted by Crippen LogP contribution is 2.51. The van der Waals surface area contributed by atoms with Crippen LogP contribution in [0.5, 0.6) is 11.5 Å². The van der Waals surface area contributed by atoms with E-state index in [0.717, 1.165) is 54.6 Å². The Bertz CT molecular complexity index is 4280. The Morgan fingerprint density at radius 2 is 1.11 bits per heavy atom. The molecular weight excluding hydrogens is 1210 g/mol. The van der Waals surface area contributed by atoms with Crippen LogP contribution >= 0.6 is 36.1 Å². The van der Waals surface area contributed by atoms with Crippen molar-refractivity contribution in [1.82, 2.24) is 0 Å². The highest BCUT2D eigenvalue weighted by atomic mass is 32.2. The number of benzene rings is 7. The van der Waals surface area contributed by atoms with E-state index in [4.69, 9.17) is 21.5 Å². The summed E-state index contributed by atoms with van der Waals surface area (Å²) in [5.41, 5.74) is -0.609. The van der Waals surface area contributed by atoms with Gasteiger partial charge in [0, 0.05) is 38.6 Å². The third-order valence-corrected chi connectivity index (χ3v) is 15.7. The smallest absolute Gasteiger partial charge is 0.338 e. The number of anilines is 1. The number of aromatic carboxylic acids is 1. The minimum Gasteiger partial charge on any atom is -0.505 e. The molecule has 35 nitrogen and oxygen atoms in total. The third kappa shape index (κ3) is 12.8. The monoisotopic (exact) mass is 1240 g/mol. The zero-order valence-electron chi connectivity index (χ0n) is 37.4. The molecule has 7 aromatic carbocycles. The number of nitro benzene ring substituents is 1. The maximum absolute atomic E-state index is 13.1. The van der Waals surface area contributed by atoms with Crippen molar-refractivity contribution < 1.29 is 121 Å². The molecular formula is C37H24N8O27S7. The molecule has 0 heterocycles. The summed E-state index contributed by atoms with van der Waals surface area (Å²) in [6.45, 7) is 0. The zero-order chi connectivity index (χ0) is 58.1. The van der Waals surface area contributed by atoms with Gasteiger partial charge in [-0.25, -0.2) is 20.6 Å². The normalized spacial score (nSPS) is 12.8. The Morgan fingerprint density at radius 3 is 1.70 bits per heavy atom.